The Hall–Kier alpha value is -2.63. The molecule has 1 heterocycles. The zero-order chi connectivity index (χ0) is 16.3. The van der Waals surface area contributed by atoms with E-state index in [1.165, 1.54) is 0 Å². The van der Waals surface area contributed by atoms with Gasteiger partial charge >= 0.3 is 5.97 Å². The number of carboxylic acids is 1. The second-order valence-corrected chi connectivity index (χ2v) is 5.42. The smallest absolute Gasteiger partial charge is 0.308 e. The molecule has 0 bridgehead atoms. The Labute approximate surface area is 128 Å². The maximum Gasteiger partial charge on any atom is 0.308 e. The summed E-state index contributed by atoms with van der Waals surface area (Å²) in [5, 5.41) is 18.4. The fraction of sp³-hybridized carbons (Fsp3) is 0.312. The molecule has 0 fully saturated rings. The monoisotopic (exact) mass is 301 g/mol. The van der Waals surface area contributed by atoms with Gasteiger partial charge in [0, 0.05) is 11.6 Å². The van der Waals surface area contributed by atoms with E-state index in [0.717, 1.165) is 11.1 Å². The first-order valence-corrected chi connectivity index (χ1v) is 7.04. The second-order valence-electron chi connectivity index (χ2n) is 5.42. The van der Waals surface area contributed by atoms with Crippen LogP contribution in [0.15, 0.2) is 30.3 Å². The molecule has 0 aliphatic carbocycles. The van der Waals surface area contributed by atoms with Crippen molar-refractivity contribution in [2.75, 3.05) is 0 Å². The van der Waals surface area contributed by atoms with Gasteiger partial charge in [0.25, 0.3) is 5.91 Å². The van der Waals surface area contributed by atoms with Crippen LogP contribution < -0.4 is 5.32 Å². The van der Waals surface area contributed by atoms with Gasteiger partial charge in [0.2, 0.25) is 0 Å². The molecule has 0 aliphatic rings. The van der Waals surface area contributed by atoms with Crippen LogP contribution in [0.1, 0.15) is 29.9 Å². The fourth-order valence-electron chi connectivity index (χ4n) is 1.93. The Bertz CT molecular complexity index is 676. The highest BCUT2D eigenvalue weighted by Crippen LogP contribution is 2.18. The molecule has 0 radical (unpaired) electrons. The van der Waals surface area contributed by atoms with E-state index >= 15 is 0 Å². The maximum atomic E-state index is 12.1. The Morgan fingerprint density at radius 2 is 1.86 bits per heavy atom. The summed E-state index contributed by atoms with van der Waals surface area (Å²) in [7, 11) is 0. The van der Waals surface area contributed by atoms with Crippen LogP contribution in [0.2, 0.25) is 0 Å². The standard InChI is InChI=1S/C16H19N3O3/c1-9-4-6-12(7-5-9)13-8-14(19-18-13)15(20)17-11(3)10(2)16(21)22/h4-8,10-11H,1-3H3,(H,17,20)(H,18,19)(H,21,22). The zero-order valence-electron chi connectivity index (χ0n) is 12.8. The van der Waals surface area contributed by atoms with Crippen molar-refractivity contribution < 1.29 is 14.7 Å². The van der Waals surface area contributed by atoms with Crippen LogP contribution in [0.4, 0.5) is 0 Å². The first kappa shape index (κ1) is 15.8. The number of hydrogen-bond donors (Lipinski definition) is 3. The van der Waals surface area contributed by atoms with Crippen LogP contribution in [0, 0.1) is 12.8 Å². The third-order valence-corrected chi connectivity index (χ3v) is 3.67. The first-order valence-electron chi connectivity index (χ1n) is 7.04. The minimum atomic E-state index is -0.947. The highest BCUT2D eigenvalue weighted by Gasteiger charge is 2.22. The quantitative estimate of drug-likeness (QED) is 0.789. The lowest BCUT2D eigenvalue weighted by molar-refractivity contribution is -0.141. The molecule has 6 heteroatoms. The maximum absolute atomic E-state index is 12.1. The van der Waals surface area contributed by atoms with E-state index in [2.05, 4.69) is 15.5 Å². The summed E-state index contributed by atoms with van der Waals surface area (Å²) in [5.41, 5.74) is 3.03. The average Bonchev–Trinajstić information content (AvgIpc) is 2.96. The van der Waals surface area contributed by atoms with Gasteiger partial charge < -0.3 is 10.4 Å². The van der Waals surface area contributed by atoms with Gasteiger partial charge in [-0.1, -0.05) is 29.8 Å². The van der Waals surface area contributed by atoms with E-state index in [1.54, 1.807) is 19.9 Å². The van der Waals surface area contributed by atoms with E-state index in [9.17, 15) is 9.59 Å². The third kappa shape index (κ3) is 3.52. The van der Waals surface area contributed by atoms with Gasteiger partial charge in [-0.15, -0.1) is 0 Å². The van der Waals surface area contributed by atoms with Crippen molar-refractivity contribution in [3.05, 3.63) is 41.6 Å². The summed E-state index contributed by atoms with van der Waals surface area (Å²) in [5.74, 6) is -1.98. The van der Waals surface area contributed by atoms with Crippen molar-refractivity contribution in [1.29, 1.82) is 0 Å². The number of amides is 1. The van der Waals surface area contributed by atoms with E-state index < -0.39 is 17.9 Å². The third-order valence-electron chi connectivity index (χ3n) is 3.67. The Morgan fingerprint density at radius 3 is 2.45 bits per heavy atom. The van der Waals surface area contributed by atoms with Crippen LogP contribution in [0.5, 0.6) is 0 Å². The molecule has 3 N–H and O–H groups in total. The van der Waals surface area contributed by atoms with Gasteiger partial charge in [-0.3, -0.25) is 14.7 Å². The largest absolute Gasteiger partial charge is 0.481 e. The molecule has 0 saturated carbocycles. The number of carbonyl (C=O) groups is 2. The molecule has 0 spiro atoms. The number of hydrogen-bond acceptors (Lipinski definition) is 3. The topological polar surface area (TPSA) is 95.1 Å². The minimum absolute atomic E-state index is 0.306. The molecular formula is C16H19N3O3. The lowest BCUT2D eigenvalue weighted by Crippen LogP contribution is -2.40. The van der Waals surface area contributed by atoms with Crippen molar-refractivity contribution in [2.45, 2.75) is 26.8 Å². The molecule has 22 heavy (non-hydrogen) atoms. The highest BCUT2D eigenvalue weighted by atomic mass is 16.4. The Balaban J connectivity index is 2.09. The molecule has 0 saturated heterocycles. The molecule has 2 atom stereocenters. The molecule has 1 amide bonds. The zero-order valence-corrected chi connectivity index (χ0v) is 12.8. The summed E-state index contributed by atoms with van der Waals surface area (Å²) in [4.78, 5) is 23.0. The Kier molecular flexibility index (Phi) is 4.60. The number of benzene rings is 1. The Morgan fingerprint density at radius 1 is 1.23 bits per heavy atom. The summed E-state index contributed by atoms with van der Waals surface area (Å²) in [6.45, 7) is 5.21. The van der Waals surface area contributed by atoms with Crippen molar-refractivity contribution in [3.63, 3.8) is 0 Å². The summed E-state index contributed by atoms with van der Waals surface area (Å²) >= 11 is 0. The summed E-state index contributed by atoms with van der Waals surface area (Å²) < 4.78 is 0. The molecule has 1 aromatic heterocycles. The average molecular weight is 301 g/mol. The van der Waals surface area contributed by atoms with Gasteiger partial charge in [-0.25, -0.2) is 0 Å². The molecule has 6 nitrogen and oxygen atoms in total. The van der Waals surface area contributed by atoms with Crippen LogP contribution in [-0.2, 0) is 4.79 Å². The van der Waals surface area contributed by atoms with Crippen molar-refractivity contribution in [3.8, 4) is 11.3 Å². The first-order chi connectivity index (χ1) is 10.4. The van der Waals surface area contributed by atoms with Crippen molar-refractivity contribution >= 4 is 11.9 Å². The number of nitrogens with one attached hydrogen (secondary N) is 2. The SMILES string of the molecule is Cc1ccc(-c2cc(C(=O)NC(C)C(C)C(=O)O)[nH]n2)cc1. The fourth-order valence-corrected chi connectivity index (χ4v) is 1.93. The molecule has 1 aromatic carbocycles. The summed E-state index contributed by atoms with van der Waals surface area (Å²) in [6.07, 6.45) is 0. The van der Waals surface area contributed by atoms with Gasteiger partial charge in [0.1, 0.15) is 5.69 Å². The number of aliphatic carboxylic acids is 1. The number of aromatic nitrogens is 2. The number of carbonyl (C=O) groups excluding carboxylic acids is 1. The number of carboxylic acid groups (broad SMARTS) is 1. The van der Waals surface area contributed by atoms with E-state index in [1.807, 2.05) is 31.2 Å². The molecule has 2 rings (SSSR count). The van der Waals surface area contributed by atoms with Crippen molar-refractivity contribution in [1.82, 2.24) is 15.5 Å². The number of aryl methyl sites for hydroxylation is 1. The molecule has 2 unspecified atom stereocenters. The molecule has 2 aromatic rings. The van der Waals surface area contributed by atoms with Crippen LogP contribution in [0.3, 0.4) is 0 Å². The minimum Gasteiger partial charge on any atom is -0.481 e. The van der Waals surface area contributed by atoms with Crippen LogP contribution in [-0.4, -0.2) is 33.2 Å². The van der Waals surface area contributed by atoms with Gasteiger partial charge in [0.15, 0.2) is 0 Å². The van der Waals surface area contributed by atoms with E-state index in [4.69, 9.17) is 5.11 Å². The van der Waals surface area contributed by atoms with Gasteiger partial charge in [-0.2, -0.15) is 5.10 Å². The van der Waals surface area contributed by atoms with E-state index in [-0.39, 0.29) is 5.91 Å². The number of rotatable bonds is 5. The van der Waals surface area contributed by atoms with E-state index in [0.29, 0.717) is 11.4 Å². The predicted molar refractivity (Wildman–Crippen MR) is 82.5 cm³/mol. The van der Waals surface area contributed by atoms with Gasteiger partial charge in [-0.05, 0) is 26.8 Å². The molecule has 116 valence electrons. The van der Waals surface area contributed by atoms with Crippen LogP contribution >= 0.6 is 0 Å². The van der Waals surface area contributed by atoms with Crippen molar-refractivity contribution in [2.24, 2.45) is 5.92 Å². The lowest BCUT2D eigenvalue weighted by Gasteiger charge is -2.16. The molecule has 0 aliphatic heterocycles. The lowest BCUT2D eigenvalue weighted by atomic mass is 10.0. The number of nitrogens with zero attached hydrogens (tertiary/aromatic N) is 1. The predicted octanol–water partition coefficient (Wildman–Crippen LogP) is 2.22. The normalized spacial score (nSPS) is 13.4. The number of aromatic amines is 1. The second kappa shape index (κ2) is 6.43. The highest BCUT2D eigenvalue weighted by molar-refractivity contribution is 5.93. The number of H-pyrrole nitrogens is 1. The van der Waals surface area contributed by atoms with Crippen LogP contribution in [0.25, 0.3) is 11.3 Å². The summed E-state index contributed by atoms with van der Waals surface area (Å²) in [6, 6.07) is 8.99. The molecular weight excluding hydrogens is 282 g/mol. The van der Waals surface area contributed by atoms with Gasteiger partial charge in [0.05, 0.1) is 11.6 Å².